The second-order valence-corrected chi connectivity index (χ2v) is 5.22. The first-order chi connectivity index (χ1) is 11.0. The Hall–Kier alpha value is -2.89. The predicted molar refractivity (Wildman–Crippen MR) is 86.1 cm³/mol. The number of benzene rings is 2. The minimum Gasteiger partial charge on any atom is -0.505 e. The predicted octanol–water partition coefficient (Wildman–Crippen LogP) is 3.42. The molecule has 3 rings (SSSR count). The van der Waals surface area contributed by atoms with Gasteiger partial charge in [0.1, 0.15) is 5.82 Å². The summed E-state index contributed by atoms with van der Waals surface area (Å²) in [4.78, 5) is 6.20. The average Bonchev–Trinajstić information content (AvgIpc) is 2.54. The summed E-state index contributed by atoms with van der Waals surface area (Å²) >= 11 is 0. The largest absolute Gasteiger partial charge is 0.505 e. The van der Waals surface area contributed by atoms with Crippen LogP contribution in [0.15, 0.2) is 53.7 Å². The highest BCUT2D eigenvalue weighted by Crippen LogP contribution is 2.24. The van der Waals surface area contributed by atoms with Gasteiger partial charge in [-0.15, -0.1) is 0 Å². The summed E-state index contributed by atoms with van der Waals surface area (Å²) in [6.45, 7) is 0. The van der Waals surface area contributed by atoms with E-state index in [1.54, 1.807) is 24.4 Å². The van der Waals surface area contributed by atoms with Gasteiger partial charge in [0, 0.05) is 30.7 Å². The number of nitrogens with one attached hydrogen (secondary N) is 1. The molecule has 0 spiro atoms. The molecule has 2 aromatic carbocycles. The van der Waals surface area contributed by atoms with Crippen molar-refractivity contribution in [1.82, 2.24) is 4.90 Å². The third-order valence-electron chi connectivity index (χ3n) is 3.50. The monoisotopic (exact) mass is 315 g/mol. The molecule has 4 nitrogen and oxygen atoms in total. The first kappa shape index (κ1) is 15.0. The SMILES string of the molecule is CN1C=C(c2ccc(O)c(F)c2)C=NC1Nc1ccc(F)cc1. The minimum absolute atomic E-state index is 0.299. The van der Waals surface area contributed by atoms with Crippen LogP contribution in [0.1, 0.15) is 5.56 Å². The molecule has 23 heavy (non-hydrogen) atoms. The molecular formula is C17H15F2N3O. The van der Waals surface area contributed by atoms with E-state index in [4.69, 9.17) is 0 Å². The number of aliphatic imine (C=N–C) groups is 1. The quantitative estimate of drug-likeness (QED) is 0.912. The zero-order chi connectivity index (χ0) is 16.4. The molecule has 0 fully saturated rings. The van der Waals surface area contributed by atoms with Crippen molar-refractivity contribution in [2.45, 2.75) is 6.29 Å². The van der Waals surface area contributed by atoms with Gasteiger partial charge in [0.2, 0.25) is 0 Å². The van der Waals surface area contributed by atoms with Gasteiger partial charge in [0.05, 0.1) is 0 Å². The molecule has 0 saturated carbocycles. The Bertz CT molecular complexity index is 772. The van der Waals surface area contributed by atoms with Crippen molar-refractivity contribution < 1.29 is 13.9 Å². The molecule has 0 amide bonds. The maximum Gasteiger partial charge on any atom is 0.195 e. The Morgan fingerprint density at radius 2 is 1.87 bits per heavy atom. The van der Waals surface area contributed by atoms with E-state index in [-0.39, 0.29) is 17.9 Å². The molecule has 0 radical (unpaired) electrons. The summed E-state index contributed by atoms with van der Waals surface area (Å²) in [5.41, 5.74) is 2.09. The fourth-order valence-corrected chi connectivity index (χ4v) is 2.25. The number of aromatic hydroxyl groups is 1. The van der Waals surface area contributed by atoms with Crippen molar-refractivity contribution in [2.75, 3.05) is 12.4 Å². The second-order valence-electron chi connectivity index (χ2n) is 5.22. The number of halogens is 2. The summed E-state index contributed by atoms with van der Waals surface area (Å²) in [7, 11) is 1.83. The Morgan fingerprint density at radius 3 is 2.52 bits per heavy atom. The van der Waals surface area contributed by atoms with E-state index in [0.717, 1.165) is 11.3 Å². The second kappa shape index (κ2) is 6.08. The number of rotatable bonds is 3. The van der Waals surface area contributed by atoms with Gasteiger partial charge in [-0.25, -0.2) is 13.8 Å². The van der Waals surface area contributed by atoms with Crippen molar-refractivity contribution in [3.8, 4) is 5.75 Å². The molecule has 2 N–H and O–H groups in total. The maximum atomic E-state index is 13.4. The van der Waals surface area contributed by atoms with E-state index in [1.807, 2.05) is 18.1 Å². The molecule has 118 valence electrons. The van der Waals surface area contributed by atoms with Crippen LogP contribution < -0.4 is 5.32 Å². The van der Waals surface area contributed by atoms with E-state index in [0.29, 0.717) is 5.56 Å². The van der Waals surface area contributed by atoms with Crippen LogP contribution in [-0.4, -0.2) is 29.6 Å². The highest BCUT2D eigenvalue weighted by Gasteiger charge is 2.16. The van der Waals surface area contributed by atoms with Gasteiger partial charge in [-0.1, -0.05) is 6.07 Å². The summed E-state index contributed by atoms with van der Waals surface area (Å²) in [6, 6.07) is 10.2. The van der Waals surface area contributed by atoms with Crippen LogP contribution >= 0.6 is 0 Å². The van der Waals surface area contributed by atoms with E-state index in [1.165, 1.54) is 24.3 Å². The number of phenolic OH excluding ortho intramolecular Hbond substituents is 1. The molecule has 0 aromatic heterocycles. The number of phenols is 1. The lowest BCUT2D eigenvalue weighted by molar-refractivity contribution is 0.371. The summed E-state index contributed by atoms with van der Waals surface area (Å²) in [6.07, 6.45) is 3.11. The average molecular weight is 315 g/mol. The number of hydrogen-bond donors (Lipinski definition) is 2. The van der Waals surface area contributed by atoms with Gasteiger partial charge in [0.25, 0.3) is 0 Å². The Labute approximate surface area is 132 Å². The first-order valence-electron chi connectivity index (χ1n) is 7.01. The number of anilines is 1. The molecule has 1 heterocycles. The van der Waals surface area contributed by atoms with Gasteiger partial charge in [-0.3, -0.25) is 0 Å². The van der Waals surface area contributed by atoms with Crippen LogP contribution in [0.4, 0.5) is 14.5 Å². The van der Waals surface area contributed by atoms with Crippen LogP contribution in [0.2, 0.25) is 0 Å². The van der Waals surface area contributed by atoms with Crippen LogP contribution in [0.3, 0.4) is 0 Å². The maximum absolute atomic E-state index is 13.4. The fourth-order valence-electron chi connectivity index (χ4n) is 2.25. The van der Waals surface area contributed by atoms with Gasteiger partial charge in [-0.2, -0.15) is 0 Å². The standard InChI is InChI=1S/C17H15F2N3O/c1-22-10-12(11-2-7-16(23)15(19)8-11)9-20-17(22)21-14-5-3-13(18)4-6-14/h2-10,17,21,23H,1H3. The fraction of sp³-hybridized carbons (Fsp3) is 0.118. The Kier molecular flexibility index (Phi) is 3.97. The zero-order valence-electron chi connectivity index (χ0n) is 12.4. The van der Waals surface area contributed by atoms with E-state index in [2.05, 4.69) is 10.3 Å². The van der Waals surface area contributed by atoms with E-state index < -0.39 is 5.82 Å². The van der Waals surface area contributed by atoms with Gasteiger partial charge in [-0.05, 0) is 42.0 Å². The molecule has 0 aliphatic carbocycles. The molecule has 1 atom stereocenters. The van der Waals surface area contributed by atoms with Crippen molar-refractivity contribution in [2.24, 2.45) is 4.99 Å². The molecular weight excluding hydrogens is 300 g/mol. The number of allylic oxidation sites excluding steroid dienone is 1. The highest BCUT2D eigenvalue weighted by atomic mass is 19.1. The lowest BCUT2D eigenvalue weighted by Crippen LogP contribution is -2.35. The molecule has 1 aliphatic heterocycles. The normalized spacial score (nSPS) is 17.1. The van der Waals surface area contributed by atoms with Crippen molar-refractivity contribution in [1.29, 1.82) is 0 Å². The highest BCUT2D eigenvalue weighted by molar-refractivity contribution is 6.10. The van der Waals surface area contributed by atoms with Gasteiger partial charge in [0.15, 0.2) is 17.9 Å². The molecule has 1 aliphatic rings. The topological polar surface area (TPSA) is 47.9 Å². The van der Waals surface area contributed by atoms with E-state index >= 15 is 0 Å². The number of nitrogens with zero attached hydrogens (tertiary/aromatic N) is 2. The molecule has 0 saturated heterocycles. The Morgan fingerprint density at radius 1 is 1.13 bits per heavy atom. The first-order valence-corrected chi connectivity index (χ1v) is 7.01. The zero-order valence-corrected chi connectivity index (χ0v) is 12.4. The van der Waals surface area contributed by atoms with Crippen molar-refractivity contribution >= 4 is 17.5 Å². The lowest BCUT2D eigenvalue weighted by Gasteiger charge is -2.29. The van der Waals surface area contributed by atoms with E-state index in [9.17, 15) is 13.9 Å². The van der Waals surface area contributed by atoms with Crippen LogP contribution in [0, 0.1) is 11.6 Å². The van der Waals surface area contributed by atoms with Crippen molar-refractivity contribution in [3.63, 3.8) is 0 Å². The van der Waals surface area contributed by atoms with Gasteiger partial charge >= 0.3 is 0 Å². The van der Waals surface area contributed by atoms with Crippen LogP contribution in [0.5, 0.6) is 5.75 Å². The summed E-state index contributed by atoms with van der Waals surface area (Å²) in [5, 5.41) is 12.4. The third-order valence-corrected chi connectivity index (χ3v) is 3.50. The molecule has 6 heteroatoms. The molecule has 2 aromatic rings. The molecule has 1 unspecified atom stereocenters. The Balaban J connectivity index is 1.75. The molecule has 0 bridgehead atoms. The van der Waals surface area contributed by atoms with Crippen LogP contribution in [-0.2, 0) is 0 Å². The summed E-state index contributed by atoms with van der Waals surface area (Å²) in [5.74, 6) is -1.36. The smallest absolute Gasteiger partial charge is 0.195 e. The van der Waals surface area contributed by atoms with Crippen molar-refractivity contribution in [3.05, 3.63) is 65.9 Å². The third kappa shape index (κ3) is 3.31. The number of hydrogen-bond acceptors (Lipinski definition) is 4. The minimum atomic E-state index is -0.675. The van der Waals surface area contributed by atoms with Crippen LogP contribution in [0.25, 0.3) is 5.57 Å². The summed E-state index contributed by atoms with van der Waals surface area (Å²) < 4.78 is 26.4. The van der Waals surface area contributed by atoms with Gasteiger partial charge < -0.3 is 15.3 Å². The lowest BCUT2D eigenvalue weighted by atomic mass is 10.1.